The number of hydrogen-bond acceptors (Lipinski definition) is 2. The smallest absolute Gasteiger partial charge is 0.0466 e. The minimum absolute atomic E-state index is 0.979. The molecular weight excluding hydrogens is 392 g/mol. The molecule has 0 saturated carbocycles. The molecule has 32 heavy (non-hydrogen) atoms. The summed E-state index contributed by atoms with van der Waals surface area (Å²) in [5.41, 5.74) is 0. The highest BCUT2D eigenvalue weighted by Crippen LogP contribution is 2.11. The molecule has 0 saturated heterocycles. The molecule has 0 amide bonds. The van der Waals surface area contributed by atoms with Gasteiger partial charge < -0.3 is 9.47 Å². The molecule has 0 heterocycles. The maximum atomic E-state index is 5.80. The van der Waals surface area contributed by atoms with Crippen molar-refractivity contribution < 1.29 is 9.47 Å². The van der Waals surface area contributed by atoms with Gasteiger partial charge in [0.25, 0.3) is 0 Å². The largest absolute Gasteiger partial charge is 0.381 e. The second-order valence-electron chi connectivity index (χ2n) is 10.0. The van der Waals surface area contributed by atoms with Crippen LogP contribution < -0.4 is 0 Å². The molecule has 194 valence electrons. The standard InChI is InChI=1S/C30H62O2/c1-3-5-7-9-11-15-19-23-27-31-29-25-21-17-13-14-18-22-26-30-32-28-24-20-16-12-10-8-6-4-2/h3-30H2,1-2H3. The molecule has 0 radical (unpaired) electrons. The van der Waals surface area contributed by atoms with Gasteiger partial charge in [-0.25, -0.2) is 0 Å². The first-order valence-corrected chi connectivity index (χ1v) is 15.1. The van der Waals surface area contributed by atoms with Gasteiger partial charge in [0.2, 0.25) is 0 Å². The van der Waals surface area contributed by atoms with Gasteiger partial charge >= 0.3 is 0 Å². The Hall–Kier alpha value is -0.0800. The normalized spacial score (nSPS) is 11.4. The van der Waals surface area contributed by atoms with E-state index in [0.717, 1.165) is 26.4 Å². The Morgan fingerprint density at radius 3 is 0.656 bits per heavy atom. The third kappa shape index (κ3) is 29.9. The van der Waals surface area contributed by atoms with Gasteiger partial charge in [-0.1, -0.05) is 142 Å². The average Bonchev–Trinajstić information content (AvgIpc) is 2.81. The molecule has 0 aliphatic carbocycles. The van der Waals surface area contributed by atoms with E-state index in [4.69, 9.17) is 9.47 Å². The molecule has 0 unspecified atom stereocenters. The molecule has 0 atom stereocenters. The summed E-state index contributed by atoms with van der Waals surface area (Å²) in [6.45, 7) is 8.49. The molecule has 0 rings (SSSR count). The Kier molecular flexibility index (Phi) is 30.8. The van der Waals surface area contributed by atoms with Gasteiger partial charge in [-0.15, -0.1) is 0 Å². The van der Waals surface area contributed by atoms with E-state index in [1.54, 1.807) is 0 Å². The molecule has 0 aliphatic heterocycles. The molecule has 2 nitrogen and oxygen atoms in total. The second kappa shape index (κ2) is 30.9. The van der Waals surface area contributed by atoms with E-state index >= 15 is 0 Å². The topological polar surface area (TPSA) is 18.5 Å². The molecule has 0 N–H and O–H groups in total. The van der Waals surface area contributed by atoms with E-state index in [0.29, 0.717) is 0 Å². The first kappa shape index (κ1) is 31.9. The van der Waals surface area contributed by atoms with Crippen molar-refractivity contribution in [2.75, 3.05) is 26.4 Å². The van der Waals surface area contributed by atoms with E-state index in [-0.39, 0.29) is 0 Å². The number of ether oxygens (including phenoxy) is 2. The van der Waals surface area contributed by atoms with Gasteiger partial charge in [0.05, 0.1) is 0 Å². The van der Waals surface area contributed by atoms with Crippen molar-refractivity contribution in [1.82, 2.24) is 0 Å². The first-order chi connectivity index (χ1) is 15.9. The van der Waals surface area contributed by atoms with Gasteiger partial charge in [-0.05, 0) is 25.7 Å². The van der Waals surface area contributed by atoms with Crippen molar-refractivity contribution >= 4 is 0 Å². The third-order valence-electron chi connectivity index (χ3n) is 6.61. The van der Waals surface area contributed by atoms with Gasteiger partial charge in [0.1, 0.15) is 0 Å². The molecule has 0 fully saturated rings. The Morgan fingerprint density at radius 1 is 0.250 bits per heavy atom. The lowest BCUT2D eigenvalue weighted by molar-refractivity contribution is 0.125. The highest BCUT2D eigenvalue weighted by molar-refractivity contribution is 4.49. The van der Waals surface area contributed by atoms with Crippen LogP contribution in [0, 0.1) is 0 Å². The van der Waals surface area contributed by atoms with Crippen LogP contribution in [0.15, 0.2) is 0 Å². The molecule has 0 aromatic carbocycles. The monoisotopic (exact) mass is 454 g/mol. The van der Waals surface area contributed by atoms with Crippen molar-refractivity contribution in [2.24, 2.45) is 0 Å². The summed E-state index contributed by atoms with van der Waals surface area (Å²) in [7, 11) is 0. The summed E-state index contributed by atoms with van der Waals surface area (Å²) in [5, 5.41) is 0. The lowest BCUT2D eigenvalue weighted by Crippen LogP contribution is -1.97. The highest BCUT2D eigenvalue weighted by Gasteiger charge is 1.96. The van der Waals surface area contributed by atoms with Crippen molar-refractivity contribution in [2.45, 2.75) is 168 Å². The summed E-state index contributed by atoms with van der Waals surface area (Å²) < 4.78 is 11.6. The Bertz CT molecular complexity index is 275. The lowest BCUT2D eigenvalue weighted by atomic mass is 10.1. The minimum Gasteiger partial charge on any atom is -0.381 e. The van der Waals surface area contributed by atoms with Crippen LogP contribution in [0.4, 0.5) is 0 Å². The summed E-state index contributed by atoms with van der Waals surface area (Å²) >= 11 is 0. The van der Waals surface area contributed by atoms with Crippen LogP contribution >= 0.6 is 0 Å². The second-order valence-corrected chi connectivity index (χ2v) is 10.0. The van der Waals surface area contributed by atoms with Crippen LogP contribution in [0.3, 0.4) is 0 Å². The molecule has 0 bridgehead atoms. The van der Waals surface area contributed by atoms with E-state index < -0.39 is 0 Å². The zero-order chi connectivity index (χ0) is 23.2. The fraction of sp³-hybridized carbons (Fsp3) is 1.00. The Labute approximate surface area is 204 Å². The van der Waals surface area contributed by atoms with Crippen LogP contribution in [0.5, 0.6) is 0 Å². The zero-order valence-corrected chi connectivity index (χ0v) is 22.6. The summed E-state index contributed by atoms with van der Waals surface area (Å²) in [6, 6.07) is 0. The van der Waals surface area contributed by atoms with E-state index in [2.05, 4.69) is 13.8 Å². The van der Waals surface area contributed by atoms with Crippen molar-refractivity contribution in [3.8, 4) is 0 Å². The van der Waals surface area contributed by atoms with Gasteiger partial charge in [0, 0.05) is 26.4 Å². The average molecular weight is 455 g/mol. The fourth-order valence-electron chi connectivity index (χ4n) is 4.35. The zero-order valence-electron chi connectivity index (χ0n) is 22.6. The van der Waals surface area contributed by atoms with Crippen molar-refractivity contribution in [3.63, 3.8) is 0 Å². The third-order valence-corrected chi connectivity index (χ3v) is 6.61. The molecule has 0 aromatic rings. The summed E-state index contributed by atoms with van der Waals surface area (Å²) in [4.78, 5) is 0. The summed E-state index contributed by atoms with van der Waals surface area (Å²) in [6.07, 6.45) is 32.9. The fourth-order valence-corrected chi connectivity index (χ4v) is 4.35. The van der Waals surface area contributed by atoms with E-state index in [1.165, 1.54) is 154 Å². The molecule has 0 spiro atoms. The Morgan fingerprint density at radius 2 is 0.438 bits per heavy atom. The number of hydrogen-bond donors (Lipinski definition) is 0. The first-order valence-electron chi connectivity index (χ1n) is 15.1. The molecule has 2 heteroatoms. The van der Waals surface area contributed by atoms with Crippen LogP contribution in [0.25, 0.3) is 0 Å². The predicted molar refractivity (Wildman–Crippen MR) is 144 cm³/mol. The van der Waals surface area contributed by atoms with E-state index in [1.807, 2.05) is 0 Å². The summed E-state index contributed by atoms with van der Waals surface area (Å²) in [5.74, 6) is 0. The van der Waals surface area contributed by atoms with Crippen molar-refractivity contribution in [3.05, 3.63) is 0 Å². The Balaban J connectivity index is 2.98. The maximum Gasteiger partial charge on any atom is 0.0466 e. The SMILES string of the molecule is CCCCCCCCCCOCCCCCCCCCCOCCCCCCCCCC. The predicted octanol–water partition coefficient (Wildman–Crippen LogP) is 10.4. The molecule has 0 aliphatic rings. The minimum atomic E-state index is 0.979. The van der Waals surface area contributed by atoms with E-state index in [9.17, 15) is 0 Å². The number of rotatable bonds is 29. The highest BCUT2D eigenvalue weighted by atomic mass is 16.5. The van der Waals surface area contributed by atoms with Crippen LogP contribution in [-0.4, -0.2) is 26.4 Å². The molecule has 0 aromatic heterocycles. The quantitative estimate of drug-likeness (QED) is 0.105. The van der Waals surface area contributed by atoms with Crippen LogP contribution in [0.1, 0.15) is 168 Å². The van der Waals surface area contributed by atoms with Gasteiger partial charge in [-0.2, -0.15) is 0 Å². The lowest BCUT2D eigenvalue weighted by Gasteiger charge is -2.06. The van der Waals surface area contributed by atoms with Gasteiger partial charge in [-0.3, -0.25) is 0 Å². The maximum absolute atomic E-state index is 5.80. The van der Waals surface area contributed by atoms with Crippen LogP contribution in [-0.2, 0) is 9.47 Å². The number of unbranched alkanes of at least 4 members (excludes halogenated alkanes) is 21. The van der Waals surface area contributed by atoms with Crippen LogP contribution in [0.2, 0.25) is 0 Å². The van der Waals surface area contributed by atoms with Crippen molar-refractivity contribution in [1.29, 1.82) is 0 Å². The van der Waals surface area contributed by atoms with Gasteiger partial charge in [0.15, 0.2) is 0 Å². The molecular formula is C30H62O2.